The van der Waals surface area contributed by atoms with Crippen molar-refractivity contribution in [3.05, 3.63) is 35.6 Å². The fourth-order valence-electron chi connectivity index (χ4n) is 1.98. The number of nitrogens with one attached hydrogen (secondary N) is 1. The van der Waals surface area contributed by atoms with Crippen LogP contribution in [0.3, 0.4) is 0 Å². The van der Waals surface area contributed by atoms with E-state index in [0.717, 1.165) is 6.42 Å². The van der Waals surface area contributed by atoms with Gasteiger partial charge in [0, 0.05) is 19.8 Å². The number of benzene rings is 1. The Balaban J connectivity index is 2.55. The molecule has 0 fully saturated rings. The van der Waals surface area contributed by atoms with E-state index in [1.807, 2.05) is 6.07 Å². The summed E-state index contributed by atoms with van der Waals surface area (Å²) in [4.78, 5) is 0. The highest BCUT2D eigenvalue weighted by Crippen LogP contribution is 2.14. The van der Waals surface area contributed by atoms with Crippen LogP contribution in [-0.4, -0.2) is 19.8 Å². The molecule has 0 aliphatic carbocycles. The third kappa shape index (κ3) is 4.81. The minimum absolute atomic E-state index is 0.0667. The van der Waals surface area contributed by atoms with E-state index in [9.17, 15) is 4.39 Å². The number of methoxy groups -OCH3 is 1. The molecule has 0 amide bonds. The molecular weight excluding hydrogens is 219 g/mol. The van der Waals surface area contributed by atoms with Crippen molar-refractivity contribution in [3.8, 4) is 0 Å². The first-order valence-corrected chi connectivity index (χ1v) is 5.85. The average Bonchev–Trinajstić information content (AvgIpc) is 2.31. The van der Waals surface area contributed by atoms with E-state index < -0.39 is 0 Å². The second-order valence-corrected chi connectivity index (χ2v) is 4.46. The number of halogens is 1. The normalized spacial score (nSPS) is 14.6. The van der Waals surface area contributed by atoms with Crippen LogP contribution < -0.4 is 11.3 Å². The van der Waals surface area contributed by atoms with Crippen molar-refractivity contribution < 1.29 is 9.13 Å². The Kier molecular flexibility index (Phi) is 6.11. The van der Waals surface area contributed by atoms with E-state index in [0.29, 0.717) is 24.5 Å². The van der Waals surface area contributed by atoms with Crippen molar-refractivity contribution in [3.63, 3.8) is 0 Å². The van der Waals surface area contributed by atoms with Crippen LogP contribution in [0, 0.1) is 11.7 Å². The maximum Gasteiger partial charge on any atom is 0.126 e. The summed E-state index contributed by atoms with van der Waals surface area (Å²) in [5.41, 5.74) is 3.44. The molecule has 0 saturated carbocycles. The number of hydrogen-bond donors (Lipinski definition) is 2. The lowest BCUT2D eigenvalue weighted by Gasteiger charge is -2.20. The van der Waals surface area contributed by atoms with Crippen molar-refractivity contribution in [2.75, 3.05) is 13.7 Å². The van der Waals surface area contributed by atoms with Crippen LogP contribution in [0.15, 0.2) is 24.3 Å². The predicted molar refractivity (Wildman–Crippen MR) is 66.9 cm³/mol. The van der Waals surface area contributed by atoms with E-state index in [1.165, 1.54) is 6.07 Å². The average molecular weight is 240 g/mol. The molecule has 0 aliphatic heterocycles. The Hall–Kier alpha value is -0.970. The topological polar surface area (TPSA) is 47.3 Å². The number of nitrogens with two attached hydrogens (primary N) is 1. The van der Waals surface area contributed by atoms with Gasteiger partial charge in [-0.05, 0) is 30.4 Å². The molecule has 0 aliphatic rings. The summed E-state index contributed by atoms with van der Waals surface area (Å²) in [6.45, 7) is 2.78. The summed E-state index contributed by atoms with van der Waals surface area (Å²) in [5.74, 6) is 5.72. The molecule has 1 aromatic carbocycles. The maximum absolute atomic E-state index is 13.5. The zero-order valence-corrected chi connectivity index (χ0v) is 10.4. The number of hydrazine groups is 1. The van der Waals surface area contributed by atoms with Crippen molar-refractivity contribution in [1.29, 1.82) is 0 Å². The predicted octanol–water partition coefficient (Wildman–Crippen LogP) is 1.87. The van der Waals surface area contributed by atoms with Gasteiger partial charge >= 0.3 is 0 Å². The molecule has 2 atom stereocenters. The molecule has 3 N–H and O–H groups in total. The van der Waals surface area contributed by atoms with Gasteiger partial charge < -0.3 is 4.74 Å². The lowest BCUT2D eigenvalue weighted by Crippen LogP contribution is -2.38. The van der Waals surface area contributed by atoms with Crippen molar-refractivity contribution in [2.24, 2.45) is 11.8 Å². The van der Waals surface area contributed by atoms with Gasteiger partial charge in [0.2, 0.25) is 0 Å². The van der Waals surface area contributed by atoms with Gasteiger partial charge in [0.05, 0.1) is 0 Å². The molecule has 0 heterocycles. The third-order valence-corrected chi connectivity index (χ3v) is 2.80. The monoisotopic (exact) mass is 240 g/mol. The molecule has 0 radical (unpaired) electrons. The van der Waals surface area contributed by atoms with E-state index in [4.69, 9.17) is 10.6 Å². The first-order valence-electron chi connectivity index (χ1n) is 5.85. The molecule has 1 aromatic rings. The third-order valence-electron chi connectivity index (χ3n) is 2.80. The standard InChI is InChI=1S/C13H21FN2O/c1-10(9-17-2)7-12(16-15)8-11-5-3-4-6-13(11)14/h3-6,10,12,16H,7-9,15H2,1-2H3. The number of hydrogen-bond acceptors (Lipinski definition) is 3. The molecule has 0 saturated heterocycles. The zero-order valence-electron chi connectivity index (χ0n) is 10.4. The summed E-state index contributed by atoms with van der Waals surface area (Å²) in [5, 5.41) is 0. The van der Waals surface area contributed by atoms with Gasteiger partial charge in [-0.25, -0.2) is 4.39 Å². The van der Waals surface area contributed by atoms with Gasteiger partial charge in [0.15, 0.2) is 0 Å². The molecule has 0 bridgehead atoms. The Bertz CT molecular complexity index is 333. The van der Waals surface area contributed by atoms with Gasteiger partial charge in [-0.3, -0.25) is 11.3 Å². The molecule has 0 spiro atoms. The molecule has 3 nitrogen and oxygen atoms in total. The summed E-state index contributed by atoms with van der Waals surface area (Å²) in [6.07, 6.45) is 1.45. The molecule has 1 rings (SSSR count). The van der Waals surface area contributed by atoms with Crippen LogP contribution in [0.5, 0.6) is 0 Å². The molecule has 96 valence electrons. The smallest absolute Gasteiger partial charge is 0.126 e. The lowest BCUT2D eigenvalue weighted by molar-refractivity contribution is 0.149. The van der Waals surface area contributed by atoms with Crippen molar-refractivity contribution in [2.45, 2.75) is 25.8 Å². The second kappa shape index (κ2) is 7.37. The SMILES string of the molecule is COCC(C)CC(Cc1ccccc1F)NN. The zero-order chi connectivity index (χ0) is 12.7. The summed E-state index contributed by atoms with van der Waals surface area (Å²) < 4.78 is 18.6. The number of rotatable bonds is 7. The lowest BCUT2D eigenvalue weighted by atomic mass is 9.97. The maximum atomic E-state index is 13.5. The van der Waals surface area contributed by atoms with Gasteiger partial charge in [0.1, 0.15) is 5.82 Å². The summed E-state index contributed by atoms with van der Waals surface area (Å²) in [6, 6.07) is 6.86. The summed E-state index contributed by atoms with van der Waals surface area (Å²) >= 11 is 0. The van der Waals surface area contributed by atoms with Crippen molar-refractivity contribution >= 4 is 0 Å². The Morgan fingerprint density at radius 2 is 2.12 bits per heavy atom. The van der Waals surface area contributed by atoms with Crippen LogP contribution in [0.1, 0.15) is 18.9 Å². The van der Waals surface area contributed by atoms with Crippen LogP contribution >= 0.6 is 0 Å². The van der Waals surface area contributed by atoms with Gasteiger partial charge in [-0.15, -0.1) is 0 Å². The second-order valence-electron chi connectivity index (χ2n) is 4.46. The minimum Gasteiger partial charge on any atom is -0.384 e. The van der Waals surface area contributed by atoms with E-state index in [2.05, 4.69) is 12.3 Å². The Labute approximate surface area is 102 Å². The first kappa shape index (κ1) is 14.1. The van der Waals surface area contributed by atoms with Gasteiger partial charge in [-0.1, -0.05) is 25.1 Å². The van der Waals surface area contributed by atoms with Crippen LogP contribution in [0.2, 0.25) is 0 Å². The Morgan fingerprint density at radius 1 is 1.41 bits per heavy atom. The minimum atomic E-state index is -0.174. The van der Waals surface area contributed by atoms with E-state index >= 15 is 0 Å². The van der Waals surface area contributed by atoms with Crippen molar-refractivity contribution in [1.82, 2.24) is 5.43 Å². The first-order chi connectivity index (χ1) is 8.17. The van der Waals surface area contributed by atoms with Crippen LogP contribution in [0.25, 0.3) is 0 Å². The molecule has 0 aromatic heterocycles. The molecule has 4 heteroatoms. The summed E-state index contributed by atoms with van der Waals surface area (Å²) in [7, 11) is 1.68. The highest BCUT2D eigenvalue weighted by atomic mass is 19.1. The Morgan fingerprint density at radius 3 is 2.71 bits per heavy atom. The largest absolute Gasteiger partial charge is 0.384 e. The number of ether oxygens (including phenoxy) is 1. The molecule has 17 heavy (non-hydrogen) atoms. The van der Waals surface area contributed by atoms with Gasteiger partial charge in [-0.2, -0.15) is 0 Å². The fourth-order valence-corrected chi connectivity index (χ4v) is 1.98. The molecular formula is C13H21FN2O. The quantitative estimate of drug-likeness (QED) is 0.565. The highest BCUT2D eigenvalue weighted by Gasteiger charge is 2.14. The fraction of sp³-hybridized carbons (Fsp3) is 0.538. The van der Waals surface area contributed by atoms with E-state index in [-0.39, 0.29) is 11.9 Å². The van der Waals surface area contributed by atoms with Gasteiger partial charge in [0.25, 0.3) is 0 Å². The van der Waals surface area contributed by atoms with Crippen LogP contribution in [-0.2, 0) is 11.2 Å². The van der Waals surface area contributed by atoms with E-state index in [1.54, 1.807) is 19.2 Å². The highest BCUT2D eigenvalue weighted by molar-refractivity contribution is 5.18. The van der Waals surface area contributed by atoms with Crippen LogP contribution in [0.4, 0.5) is 4.39 Å². The molecule has 2 unspecified atom stereocenters.